The summed E-state index contributed by atoms with van der Waals surface area (Å²) in [6.07, 6.45) is 6.71. The molecule has 30 heavy (non-hydrogen) atoms. The highest BCUT2D eigenvalue weighted by Crippen LogP contribution is 2.19. The van der Waals surface area contributed by atoms with E-state index in [2.05, 4.69) is 37.0 Å². The van der Waals surface area contributed by atoms with Crippen LogP contribution in [-0.4, -0.2) is 73.1 Å². The number of halogens is 1. The van der Waals surface area contributed by atoms with Gasteiger partial charge in [-0.1, -0.05) is 6.08 Å². The highest BCUT2D eigenvalue weighted by molar-refractivity contribution is 14.0. The third-order valence-corrected chi connectivity index (χ3v) is 6.24. The van der Waals surface area contributed by atoms with Crippen LogP contribution in [0.4, 0.5) is 0 Å². The maximum absolute atomic E-state index is 5.73. The van der Waals surface area contributed by atoms with E-state index in [4.69, 9.17) is 4.42 Å². The zero-order valence-electron chi connectivity index (χ0n) is 18.8. The predicted molar refractivity (Wildman–Crippen MR) is 134 cm³/mol. The fourth-order valence-electron chi connectivity index (χ4n) is 4.22. The number of nitrogens with one attached hydrogen (secondary N) is 2. The van der Waals surface area contributed by atoms with E-state index in [9.17, 15) is 0 Å². The number of aryl methyl sites for hydroxylation is 2. The Hall–Kier alpha value is -1.13. The van der Waals surface area contributed by atoms with Crippen LogP contribution in [0.25, 0.3) is 0 Å². The van der Waals surface area contributed by atoms with E-state index < -0.39 is 0 Å². The molecule has 3 rings (SSSR count). The number of oxazole rings is 1. The second-order valence-corrected chi connectivity index (χ2v) is 8.43. The smallest absolute Gasteiger partial charge is 0.208 e. The molecule has 0 unspecified atom stereocenters. The number of aromatic nitrogens is 1. The lowest BCUT2D eigenvalue weighted by atomic mass is 9.97. The lowest BCUT2D eigenvalue weighted by Gasteiger charge is -2.33. The Bertz CT molecular complexity index is 656. The summed E-state index contributed by atoms with van der Waals surface area (Å²) in [5.41, 5.74) is 1.00. The molecule has 0 amide bonds. The van der Waals surface area contributed by atoms with Crippen molar-refractivity contribution in [3.8, 4) is 0 Å². The van der Waals surface area contributed by atoms with Crippen molar-refractivity contribution in [1.29, 1.82) is 0 Å². The number of hydrogen-bond acceptors (Lipinski definition) is 5. The zero-order valence-corrected chi connectivity index (χ0v) is 21.2. The quantitative estimate of drug-likeness (QED) is 0.245. The van der Waals surface area contributed by atoms with Gasteiger partial charge in [-0.15, -0.1) is 30.6 Å². The number of nitrogens with zero attached hydrogens (tertiary/aromatic N) is 4. The van der Waals surface area contributed by atoms with Gasteiger partial charge in [0.1, 0.15) is 5.76 Å². The molecule has 2 aliphatic heterocycles. The number of hydrogen-bond donors (Lipinski definition) is 2. The van der Waals surface area contributed by atoms with Crippen molar-refractivity contribution in [1.82, 2.24) is 25.4 Å². The van der Waals surface area contributed by atoms with Crippen LogP contribution in [0.15, 0.2) is 22.1 Å². The molecule has 0 radical (unpaired) electrons. The molecule has 3 heterocycles. The molecule has 0 aromatic carbocycles. The average molecular weight is 530 g/mol. The lowest BCUT2D eigenvalue weighted by molar-refractivity contribution is 0.164. The van der Waals surface area contributed by atoms with Crippen molar-refractivity contribution < 1.29 is 4.42 Å². The van der Waals surface area contributed by atoms with Crippen LogP contribution in [0.5, 0.6) is 0 Å². The molecule has 2 N–H and O–H groups in total. The number of piperidine rings is 2. The molecule has 1 aromatic heterocycles. The molecule has 0 aliphatic carbocycles. The molecule has 2 aliphatic rings. The Morgan fingerprint density at radius 2 is 1.83 bits per heavy atom. The second kappa shape index (κ2) is 12.7. The van der Waals surface area contributed by atoms with Gasteiger partial charge in [-0.05, 0) is 58.5 Å². The summed E-state index contributed by atoms with van der Waals surface area (Å²) < 4.78 is 5.73. The minimum Gasteiger partial charge on any atom is -0.444 e. The Kier molecular flexibility index (Phi) is 10.6. The van der Waals surface area contributed by atoms with Gasteiger partial charge in [0, 0.05) is 39.3 Å². The maximum Gasteiger partial charge on any atom is 0.208 e. The topological polar surface area (TPSA) is 68.9 Å². The van der Waals surface area contributed by atoms with Gasteiger partial charge in [0.2, 0.25) is 5.89 Å². The Labute approximate surface area is 198 Å². The van der Waals surface area contributed by atoms with Gasteiger partial charge in [0.15, 0.2) is 5.96 Å². The Morgan fingerprint density at radius 1 is 1.17 bits per heavy atom. The van der Waals surface area contributed by atoms with Gasteiger partial charge in [-0.2, -0.15) is 0 Å². The summed E-state index contributed by atoms with van der Waals surface area (Å²) in [7, 11) is 1.87. The molecule has 0 bridgehead atoms. The number of rotatable bonds is 7. The highest BCUT2D eigenvalue weighted by atomic mass is 127. The van der Waals surface area contributed by atoms with E-state index in [-0.39, 0.29) is 24.0 Å². The van der Waals surface area contributed by atoms with E-state index in [1.807, 2.05) is 27.0 Å². The summed E-state index contributed by atoms with van der Waals surface area (Å²) in [6.45, 7) is 15.1. The van der Waals surface area contributed by atoms with Crippen molar-refractivity contribution in [2.24, 2.45) is 10.9 Å². The summed E-state index contributed by atoms with van der Waals surface area (Å²) in [4.78, 5) is 13.9. The fraction of sp³-hybridized carbons (Fsp3) is 0.727. The first-order valence-corrected chi connectivity index (χ1v) is 11.0. The molecule has 1 aromatic rings. The molecular weight excluding hydrogens is 491 g/mol. The molecule has 7 nitrogen and oxygen atoms in total. The minimum absolute atomic E-state index is 0. The SMILES string of the molecule is C=CCN1CCC(NC(=NC)NCC2CCN(Cc3nc(C)c(C)o3)CC2)CC1.I. The van der Waals surface area contributed by atoms with Crippen molar-refractivity contribution in [3.05, 3.63) is 30.0 Å². The monoisotopic (exact) mass is 530 g/mol. The van der Waals surface area contributed by atoms with Crippen LogP contribution in [0.3, 0.4) is 0 Å². The number of aliphatic imine (C=N–C) groups is 1. The third kappa shape index (κ3) is 7.53. The normalized spacial score (nSPS) is 20.0. The van der Waals surface area contributed by atoms with Crippen LogP contribution in [0.2, 0.25) is 0 Å². The van der Waals surface area contributed by atoms with Gasteiger partial charge in [-0.25, -0.2) is 4.98 Å². The van der Waals surface area contributed by atoms with E-state index in [1.165, 1.54) is 12.8 Å². The molecule has 170 valence electrons. The van der Waals surface area contributed by atoms with Gasteiger partial charge < -0.3 is 15.1 Å². The first-order valence-electron chi connectivity index (χ1n) is 11.0. The first-order chi connectivity index (χ1) is 14.1. The van der Waals surface area contributed by atoms with Crippen LogP contribution in [0, 0.1) is 19.8 Å². The largest absolute Gasteiger partial charge is 0.444 e. The summed E-state index contributed by atoms with van der Waals surface area (Å²) in [6, 6.07) is 0.511. The molecular formula is C22H39IN6O. The Morgan fingerprint density at radius 3 is 2.40 bits per heavy atom. The van der Waals surface area contributed by atoms with E-state index in [0.717, 1.165) is 82.0 Å². The maximum atomic E-state index is 5.73. The third-order valence-electron chi connectivity index (χ3n) is 6.24. The molecule has 0 atom stereocenters. The number of likely N-dealkylation sites (tertiary alicyclic amines) is 2. The molecule has 8 heteroatoms. The van der Waals surface area contributed by atoms with Crippen LogP contribution in [0.1, 0.15) is 43.0 Å². The predicted octanol–water partition coefficient (Wildman–Crippen LogP) is 2.94. The summed E-state index contributed by atoms with van der Waals surface area (Å²) in [5.74, 6) is 3.41. The van der Waals surface area contributed by atoms with Crippen LogP contribution < -0.4 is 10.6 Å². The van der Waals surface area contributed by atoms with E-state index in [1.54, 1.807) is 0 Å². The lowest BCUT2D eigenvalue weighted by Crippen LogP contribution is -2.49. The van der Waals surface area contributed by atoms with E-state index >= 15 is 0 Å². The van der Waals surface area contributed by atoms with Crippen molar-refractivity contribution >= 4 is 29.9 Å². The second-order valence-electron chi connectivity index (χ2n) is 8.43. The van der Waals surface area contributed by atoms with Crippen molar-refractivity contribution in [2.75, 3.05) is 46.3 Å². The van der Waals surface area contributed by atoms with Gasteiger partial charge in [0.25, 0.3) is 0 Å². The molecule has 2 saturated heterocycles. The summed E-state index contributed by atoms with van der Waals surface area (Å²) >= 11 is 0. The van der Waals surface area contributed by atoms with Crippen molar-refractivity contribution in [2.45, 2.75) is 52.1 Å². The zero-order chi connectivity index (χ0) is 20.6. The van der Waals surface area contributed by atoms with Gasteiger partial charge >= 0.3 is 0 Å². The van der Waals surface area contributed by atoms with Crippen molar-refractivity contribution in [3.63, 3.8) is 0 Å². The first kappa shape index (κ1) is 25.1. The number of guanidine groups is 1. The Balaban J connectivity index is 0.00000320. The minimum atomic E-state index is 0. The molecule has 0 spiro atoms. The highest BCUT2D eigenvalue weighted by Gasteiger charge is 2.22. The van der Waals surface area contributed by atoms with Gasteiger partial charge in [-0.3, -0.25) is 14.8 Å². The van der Waals surface area contributed by atoms with Crippen LogP contribution in [-0.2, 0) is 6.54 Å². The fourth-order valence-corrected chi connectivity index (χ4v) is 4.22. The summed E-state index contributed by atoms with van der Waals surface area (Å²) in [5, 5.41) is 7.17. The van der Waals surface area contributed by atoms with E-state index in [0.29, 0.717) is 12.0 Å². The average Bonchev–Trinajstić information content (AvgIpc) is 3.04. The molecule has 2 fully saturated rings. The standard InChI is InChI=1S/C22H38N6O.HI/c1-5-10-27-13-8-20(9-14-27)26-22(23-4)24-15-19-6-11-28(12-7-19)16-21-25-17(2)18(3)29-21;/h5,19-20H,1,6-16H2,2-4H3,(H2,23,24,26);1H. The van der Waals surface area contributed by atoms with Gasteiger partial charge in [0.05, 0.1) is 12.2 Å². The molecule has 0 saturated carbocycles. The van der Waals surface area contributed by atoms with Crippen LogP contribution >= 0.6 is 24.0 Å².